The van der Waals surface area contributed by atoms with E-state index in [9.17, 15) is 27.6 Å². The molecule has 0 radical (unpaired) electrons. The second-order valence-electron chi connectivity index (χ2n) is 14.3. The average molecular weight is 650 g/mol. The van der Waals surface area contributed by atoms with Crippen molar-refractivity contribution in [2.75, 3.05) is 13.1 Å². The molecule has 0 spiro atoms. The molecule has 1 aliphatic carbocycles. The minimum Gasteiger partial charge on any atom is -0.444 e. The van der Waals surface area contributed by atoms with Crippen molar-refractivity contribution in [3.63, 3.8) is 0 Å². The zero-order chi connectivity index (χ0) is 33.6. The summed E-state index contributed by atoms with van der Waals surface area (Å²) in [6.45, 7) is 10.4. The van der Waals surface area contributed by atoms with Gasteiger partial charge in [0.2, 0.25) is 27.7 Å². The Hall–Kier alpha value is -3.19. The molecular weight excluding hydrogens is 598 g/mol. The highest BCUT2D eigenvalue weighted by Crippen LogP contribution is 2.40. The predicted molar refractivity (Wildman–Crippen MR) is 171 cm³/mol. The number of nitrogens with one attached hydrogen (secondary N) is 3. The number of carbonyl (C=O) groups excluding carboxylic acids is 4. The van der Waals surface area contributed by atoms with E-state index >= 15 is 0 Å². The van der Waals surface area contributed by atoms with Crippen molar-refractivity contribution in [2.45, 2.75) is 115 Å². The number of carbonyl (C=O) groups is 4. The number of rotatable bonds is 11. The third-order valence-corrected chi connectivity index (χ3v) is 10.4. The number of sulfonamides is 1. The van der Waals surface area contributed by atoms with E-state index in [0.29, 0.717) is 6.42 Å². The zero-order valence-electron chi connectivity index (χ0n) is 27.4. The van der Waals surface area contributed by atoms with Crippen molar-refractivity contribution in [1.29, 1.82) is 0 Å². The summed E-state index contributed by atoms with van der Waals surface area (Å²) < 4.78 is 35.7. The number of alkyl carbamates (subject to hydrolysis) is 1. The van der Waals surface area contributed by atoms with Crippen LogP contribution in [0.1, 0.15) is 85.6 Å². The maximum Gasteiger partial charge on any atom is 0.408 e. The van der Waals surface area contributed by atoms with Gasteiger partial charge in [0, 0.05) is 18.6 Å². The van der Waals surface area contributed by atoms with E-state index in [0.717, 1.165) is 31.2 Å². The minimum atomic E-state index is -4.16. The largest absolute Gasteiger partial charge is 0.444 e. The third kappa shape index (κ3) is 11.0. The van der Waals surface area contributed by atoms with Gasteiger partial charge >= 0.3 is 6.09 Å². The van der Waals surface area contributed by atoms with Crippen molar-refractivity contribution in [3.8, 4) is 0 Å². The smallest absolute Gasteiger partial charge is 0.408 e. The van der Waals surface area contributed by atoms with Gasteiger partial charge in [0.05, 0.1) is 11.7 Å². The Labute approximate surface area is 267 Å². The Morgan fingerprint density at radius 3 is 2.20 bits per heavy atom. The molecule has 0 unspecified atom stereocenters. The molecule has 5 N–H and O–H groups in total. The van der Waals surface area contributed by atoms with E-state index in [1.165, 1.54) is 4.31 Å². The molecule has 0 aromatic heterocycles. The number of hydrogen-bond acceptors (Lipinski definition) is 7. The quantitative estimate of drug-likeness (QED) is 0.285. The van der Waals surface area contributed by atoms with Crippen LogP contribution in [-0.4, -0.2) is 78.1 Å². The topological polar surface area (TPSA) is 177 Å². The second-order valence-corrected chi connectivity index (χ2v) is 16.5. The van der Waals surface area contributed by atoms with Crippen LogP contribution in [0.15, 0.2) is 30.3 Å². The van der Waals surface area contributed by atoms with E-state index in [1.54, 1.807) is 32.9 Å². The van der Waals surface area contributed by atoms with Crippen LogP contribution in [0.2, 0.25) is 0 Å². The van der Waals surface area contributed by atoms with Gasteiger partial charge in [-0.2, -0.15) is 4.31 Å². The van der Waals surface area contributed by atoms with E-state index in [1.807, 2.05) is 39.0 Å². The standard InChI is InChI=1S/C32H51N5O7S/c1-31(2,3)36-29(40)26-17-22-14-10-11-15-23(22)20-37(26)45(42,43)24(16-21-12-8-7-9-13-21)19-34-28(39)25(18-27(33)38)35-30(41)44-32(4,5)6/h7-9,12-13,22-26H,10-11,14-20H2,1-6H3,(H2,33,38)(H,34,39)(H,35,41)(H,36,40)/t22-,23+,24+,25-,26-/m0/s1. The van der Waals surface area contributed by atoms with Crippen LogP contribution in [0, 0.1) is 11.8 Å². The Balaban J connectivity index is 1.91. The lowest BCUT2D eigenvalue weighted by Crippen LogP contribution is -2.61. The van der Waals surface area contributed by atoms with Gasteiger partial charge in [0.15, 0.2) is 0 Å². The second kappa shape index (κ2) is 14.9. The molecule has 0 bridgehead atoms. The van der Waals surface area contributed by atoms with Gasteiger partial charge in [-0.25, -0.2) is 13.2 Å². The van der Waals surface area contributed by atoms with Gasteiger partial charge in [0.25, 0.3) is 0 Å². The molecule has 12 nitrogen and oxygen atoms in total. The molecule has 1 aromatic rings. The number of amides is 4. The number of fused-ring (bicyclic) bond motifs is 1. The monoisotopic (exact) mass is 649 g/mol. The van der Waals surface area contributed by atoms with Crippen LogP contribution in [0.4, 0.5) is 4.79 Å². The van der Waals surface area contributed by atoms with Crippen molar-refractivity contribution in [1.82, 2.24) is 20.3 Å². The van der Waals surface area contributed by atoms with Crippen molar-refractivity contribution in [3.05, 3.63) is 35.9 Å². The third-order valence-electron chi connectivity index (χ3n) is 8.13. The molecule has 1 aliphatic heterocycles. The van der Waals surface area contributed by atoms with E-state index < -0.39 is 62.8 Å². The Morgan fingerprint density at radius 2 is 1.62 bits per heavy atom. The number of nitrogens with two attached hydrogens (primary N) is 1. The van der Waals surface area contributed by atoms with Crippen molar-refractivity contribution >= 4 is 33.8 Å². The Kier molecular flexibility index (Phi) is 12.0. The number of hydrogen-bond donors (Lipinski definition) is 4. The summed E-state index contributed by atoms with van der Waals surface area (Å²) in [4.78, 5) is 51.1. The summed E-state index contributed by atoms with van der Waals surface area (Å²) in [5.74, 6) is -1.52. The molecule has 1 heterocycles. The highest BCUT2D eigenvalue weighted by Gasteiger charge is 2.47. The van der Waals surface area contributed by atoms with E-state index in [-0.39, 0.29) is 37.3 Å². The molecular formula is C32H51N5O7S. The first-order chi connectivity index (χ1) is 20.9. The summed E-state index contributed by atoms with van der Waals surface area (Å²) in [5.41, 5.74) is 4.68. The lowest BCUT2D eigenvalue weighted by Gasteiger charge is -2.46. The Morgan fingerprint density at radius 1 is 1.00 bits per heavy atom. The maximum absolute atomic E-state index is 14.6. The van der Waals surface area contributed by atoms with E-state index in [2.05, 4.69) is 16.0 Å². The average Bonchev–Trinajstić information content (AvgIpc) is 2.92. The van der Waals surface area contributed by atoms with Crippen LogP contribution >= 0.6 is 0 Å². The lowest BCUT2D eigenvalue weighted by molar-refractivity contribution is -0.129. The lowest BCUT2D eigenvalue weighted by atomic mass is 9.73. The first kappa shape index (κ1) is 36.3. The number of primary amides is 1. The normalized spacial score (nSPS) is 22.3. The molecule has 4 amide bonds. The highest BCUT2D eigenvalue weighted by atomic mass is 32.2. The highest BCUT2D eigenvalue weighted by molar-refractivity contribution is 7.89. The van der Waals surface area contributed by atoms with Gasteiger partial charge < -0.3 is 26.4 Å². The Bertz CT molecular complexity index is 1310. The van der Waals surface area contributed by atoms with Crippen LogP contribution in [0.3, 0.4) is 0 Å². The van der Waals surface area contributed by atoms with Crippen LogP contribution in [0.25, 0.3) is 0 Å². The van der Waals surface area contributed by atoms with Crippen LogP contribution in [0.5, 0.6) is 0 Å². The number of benzene rings is 1. The molecule has 5 atom stereocenters. The van der Waals surface area contributed by atoms with E-state index in [4.69, 9.17) is 10.5 Å². The number of piperidine rings is 1. The summed E-state index contributed by atoms with van der Waals surface area (Å²) in [7, 11) is -4.16. The van der Waals surface area contributed by atoms with Crippen LogP contribution < -0.4 is 21.7 Å². The molecule has 13 heteroatoms. The summed E-state index contributed by atoms with van der Waals surface area (Å²) in [6, 6.07) is 6.80. The van der Waals surface area contributed by atoms with Gasteiger partial charge in [0.1, 0.15) is 17.7 Å². The fraction of sp³-hybridized carbons (Fsp3) is 0.688. The molecule has 2 aliphatic rings. The van der Waals surface area contributed by atoms with Gasteiger partial charge in [-0.3, -0.25) is 14.4 Å². The van der Waals surface area contributed by atoms with Crippen molar-refractivity contribution < 1.29 is 32.3 Å². The first-order valence-corrected chi connectivity index (χ1v) is 17.3. The fourth-order valence-electron chi connectivity index (χ4n) is 6.12. The first-order valence-electron chi connectivity index (χ1n) is 15.8. The molecule has 1 saturated heterocycles. The molecule has 252 valence electrons. The summed E-state index contributed by atoms with van der Waals surface area (Å²) >= 11 is 0. The van der Waals surface area contributed by atoms with Gasteiger partial charge in [-0.05, 0) is 78.2 Å². The zero-order valence-corrected chi connectivity index (χ0v) is 28.2. The van der Waals surface area contributed by atoms with Gasteiger partial charge in [-0.15, -0.1) is 0 Å². The molecule has 3 rings (SSSR count). The minimum absolute atomic E-state index is 0.0711. The summed E-state index contributed by atoms with van der Waals surface area (Å²) in [6.07, 6.45) is 3.03. The number of ether oxygens (including phenoxy) is 1. The molecule has 2 fully saturated rings. The molecule has 45 heavy (non-hydrogen) atoms. The maximum atomic E-state index is 14.6. The van der Waals surface area contributed by atoms with Gasteiger partial charge in [-0.1, -0.05) is 49.6 Å². The summed E-state index contributed by atoms with van der Waals surface area (Å²) in [5, 5.41) is 6.85. The molecule has 1 saturated carbocycles. The molecule has 1 aromatic carbocycles. The van der Waals surface area contributed by atoms with Crippen LogP contribution in [-0.2, 0) is 35.6 Å². The fourth-order valence-corrected chi connectivity index (χ4v) is 8.13. The number of nitrogens with zero attached hydrogens (tertiary/aromatic N) is 1. The predicted octanol–water partition coefficient (Wildman–Crippen LogP) is 2.61. The SMILES string of the molecule is CC(C)(C)NC(=O)[C@@H]1C[C@@H]2CCCC[C@@H]2CN1S(=O)(=O)[C@@H](CNC(=O)[C@H](CC(N)=O)NC(=O)OC(C)(C)C)Cc1ccccc1. The van der Waals surface area contributed by atoms with Crippen molar-refractivity contribution in [2.24, 2.45) is 17.6 Å².